The molecular formula is C56H82N12O12. The van der Waals surface area contributed by atoms with E-state index in [2.05, 4.69) is 29.9 Å². The second-order valence-electron chi connectivity index (χ2n) is 24.8. The van der Waals surface area contributed by atoms with Gasteiger partial charge >= 0.3 is 18.3 Å². The van der Waals surface area contributed by atoms with E-state index in [4.69, 9.17) is 14.2 Å². The molecule has 80 heavy (non-hydrogen) atoms. The Kier molecular flexibility index (Phi) is 17.6. The van der Waals surface area contributed by atoms with Gasteiger partial charge in [0.2, 0.25) is 0 Å². The van der Waals surface area contributed by atoms with Gasteiger partial charge in [-0.15, -0.1) is 0 Å². The van der Waals surface area contributed by atoms with Gasteiger partial charge in [0.15, 0.2) is 17.5 Å². The maximum absolute atomic E-state index is 13.3. The molecule has 3 N–H and O–H groups in total. The van der Waals surface area contributed by atoms with Crippen molar-refractivity contribution in [2.75, 3.05) is 26.2 Å². The Morgan fingerprint density at radius 3 is 1.31 bits per heavy atom. The number of carbonyl (C=O) groups excluding carboxylic acids is 6. The number of likely N-dealkylation sites (tertiary alicyclic amines) is 6. The molecule has 11 atom stereocenters. The minimum absolute atomic E-state index is 0.0797. The molecule has 6 aliphatic rings. The zero-order valence-corrected chi connectivity index (χ0v) is 48.8. The zero-order chi connectivity index (χ0) is 59.1. The molecule has 438 valence electrons. The molecule has 3 aromatic heterocycles. The molecule has 8 unspecified atom stereocenters. The zero-order valence-electron chi connectivity index (χ0n) is 48.8. The van der Waals surface area contributed by atoms with E-state index in [1.807, 2.05) is 55.4 Å². The first-order valence-electron chi connectivity index (χ1n) is 27.7. The van der Waals surface area contributed by atoms with Crippen molar-refractivity contribution in [2.24, 2.45) is 0 Å². The van der Waals surface area contributed by atoms with Crippen molar-refractivity contribution in [1.29, 1.82) is 0 Å². The minimum atomic E-state index is -0.912. The van der Waals surface area contributed by atoms with Crippen LogP contribution in [-0.2, 0) is 28.6 Å². The summed E-state index contributed by atoms with van der Waals surface area (Å²) in [6.07, 6.45) is 9.62. The molecule has 6 aliphatic heterocycles. The highest BCUT2D eigenvalue weighted by atomic mass is 16.6. The summed E-state index contributed by atoms with van der Waals surface area (Å²) in [7, 11) is 0. The number of ether oxygens (including phenoxy) is 3. The maximum Gasteiger partial charge on any atom is 0.411 e. The van der Waals surface area contributed by atoms with Crippen LogP contribution in [0.3, 0.4) is 0 Å². The Balaban J connectivity index is 0.000000173. The van der Waals surface area contributed by atoms with Crippen molar-refractivity contribution in [3.63, 3.8) is 0 Å². The molecular weight excluding hydrogens is 1030 g/mol. The molecule has 3 aromatic rings. The average Bonchev–Trinajstić information content (AvgIpc) is 4.19. The smallest absolute Gasteiger partial charge is 0.411 e. The molecule has 24 heteroatoms. The van der Waals surface area contributed by atoms with Gasteiger partial charge in [-0.25, -0.2) is 44.3 Å². The largest absolute Gasteiger partial charge is 0.444 e. The van der Waals surface area contributed by atoms with Crippen LogP contribution in [0.15, 0.2) is 55.4 Å². The van der Waals surface area contributed by atoms with Gasteiger partial charge in [-0.1, -0.05) is 0 Å². The van der Waals surface area contributed by atoms with E-state index in [0.717, 1.165) is 19.3 Å². The normalized spacial score (nSPS) is 26.7. The predicted octanol–water partition coefficient (Wildman–Crippen LogP) is 5.31. The summed E-state index contributed by atoms with van der Waals surface area (Å²) in [5.41, 5.74) is -4.56. The van der Waals surface area contributed by atoms with Crippen LogP contribution in [0.4, 0.5) is 14.4 Å². The number of hydrogen-bond donors (Lipinski definition) is 3. The van der Waals surface area contributed by atoms with Crippen molar-refractivity contribution in [1.82, 2.24) is 59.3 Å². The molecule has 24 nitrogen and oxygen atoms in total. The molecule has 6 saturated heterocycles. The van der Waals surface area contributed by atoms with Crippen LogP contribution in [0, 0.1) is 0 Å². The highest BCUT2D eigenvalue weighted by Gasteiger charge is 2.68. The Morgan fingerprint density at radius 1 is 0.537 bits per heavy atom. The second-order valence-corrected chi connectivity index (χ2v) is 24.8. The number of nitrogens with zero attached hydrogens (tertiary/aromatic N) is 12. The summed E-state index contributed by atoms with van der Waals surface area (Å²) in [5, 5.41) is 30.8. The molecule has 6 fully saturated rings. The molecule has 3 spiro atoms. The van der Waals surface area contributed by atoms with Crippen LogP contribution in [-0.4, -0.2) is 201 Å². The first-order valence-corrected chi connectivity index (χ1v) is 27.7. The van der Waals surface area contributed by atoms with E-state index in [1.54, 1.807) is 126 Å². The maximum atomic E-state index is 13.3. The average molecular weight is 1120 g/mol. The third-order valence-corrected chi connectivity index (χ3v) is 15.4. The number of carbonyl (C=O) groups is 6. The summed E-state index contributed by atoms with van der Waals surface area (Å²) in [6, 6.07) is 2.78. The summed E-state index contributed by atoms with van der Waals surface area (Å²) in [6.45, 7) is 26.6. The van der Waals surface area contributed by atoms with Gasteiger partial charge in [-0.05, 0) is 154 Å². The van der Waals surface area contributed by atoms with Gasteiger partial charge in [-0.3, -0.25) is 29.1 Å². The molecule has 6 amide bonds. The molecule has 0 radical (unpaired) electrons. The number of amides is 6. The van der Waals surface area contributed by atoms with E-state index < -0.39 is 88.1 Å². The van der Waals surface area contributed by atoms with Crippen LogP contribution in [0.5, 0.6) is 0 Å². The molecule has 0 saturated carbocycles. The fraction of sp³-hybridized carbons (Fsp3) is 0.679. The van der Waals surface area contributed by atoms with Crippen molar-refractivity contribution < 1.29 is 58.3 Å². The quantitative estimate of drug-likeness (QED) is 0.181. The highest BCUT2D eigenvalue weighted by molar-refractivity contribution is 5.99. The van der Waals surface area contributed by atoms with Crippen molar-refractivity contribution in [3.05, 3.63) is 72.9 Å². The number of β-lactam (4-membered cyclic amide) rings is 3. The van der Waals surface area contributed by atoms with E-state index in [-0.39, 0.29) is 29.8 Å². The summed E-state index contributed by atoms with van der Waals surface area (Å²) >= 11 is 0. The van der Waals surface area contributed by atoms with Crippen LogP contribution < -0.4 is 0 Å². The van der Waals surface area contributed by atoms with Crippen LogP contribution in [0.2, 0.25) is 0 Å². The Hall–Kier alpha value is -6.66. The lowest BCUT2D eigenvalue weighted by Gasteiger charge is -2.58. The Bertz CT molecular complexity index is 2710. The number of aromatic nitrogens is 6. The minimum Gasteiger partial charge on any atom is -0.444 e. The SMILES string of the molecule is CC1CCC2(CN(C(c3ncccn3)[C@@H](C)O)C2=O)N1C(=O)OC(C)(C)C.CC1N(C(c2ncccn2)[C@@H](C)O)C(=O)C12CCCN2C(=O)OC(C)(C)C.C[C@@H](O)C(c1ncccn1)N1CC2(CCCN2C(=O)OC(C)(C)C)C1=O. The van der Waals surface area contributed by atoms with Crippen molar-refractivity contribution in [3.8, 4) is 0 Å². The van der Waals surface area contributed by atoms with E-state index in [9.17, 15) is 44.1 Å². The van der Waals surface area contributed by atoms with Gasteiger partial charge in [0.1, 0.15) is 51.5 Å². The van der Waals surface area contributed by atoms with E-state index in [0.29, 0.717) is 62.9 Å². The fourth-order valence-corrected chi connectivity index (χ4v) is 12.0. The van der Waals surface area contributed by atoms with Crippen LogP contribution in [0.25, 0.3) is 0 Å². The number of aliphatic hydroxyl groups excluding tert-OH is 3. The molecule has 9 rings (SSSR count). The first-order chi connectivity index (χ1) is 37.3. The predicted molar refractivity (Wildman–Crippen MR) is 288 cm³/mol. The lowest BCUT2D eigenvalue weighted by molar-refractivity contribution is -0.181. The Labute approximate surface area is 468 Å². The molecule has 0 aliphatic carbocycles. The summed E-state index contributed by atoms with van der Waals surface area (Å²) < 4.78 is 16.5. The number of rotatable bonds is 9. The first kappa shape index (κ1) is 61.0. The standard InChI is InChI=1S/2C19H28N4O4.C18H26N4O4/c1-12-7-8-19(23(12)17(26)27-18(3,4)5)11-22(16(19)25)14(13(2)24)15-20-9-6-10-21-15;1-12(24)14(15-20-9-7-10-21-15)23-13(2)19(16(23)25)8-6-11-22(19)17(26)27-18(3,4)5;1-12(23)13(14-19-8-6-9-20-14)21-11-18(15(21)24)7-5-10-22(18)16(25)26-17(2,3)4/h6,9-10,12-14,24H,7-8,11H2,1-5H3;7,9-10,12-14,24H,6,8,11H2,1-5H3;6,8-9,12-13,23H,5,7,10-11H2,1-4H3/t12?,13-,14?,19?;12-,13?,14?,19?;12-,13?,18?/m111/s1. The molecule has 9 heterocycles. The van der Waals surface area contributed by atoms with Crippen molar-refractivity contribution >= 4 is 36.0 Å². The second kappa shape index (κ2) is 23.1. The fourth-order valence-electron chi connectivity index (χ4n) is 12.0. The molecule has 0 bridgehead atoms. The number of hydrogen-bond acceptors (Lipinski definition) is 18. The lowest BCUT2D eigenvalue weighted by atomic mass is 9.75. The third-order valence-electron chi connectivity index (χ3n) is 15.4. The lowest BCUT2D eigenvalue weighted by Crippen LogP contribution is -2.79. The highest BCUT2D eigenvalue weighted by Crippen LogP contribution is 2.50. The van der Waals surface area contributed by atoms with Gasteiger partial charge in [0.05, 0.1) is 37.4 Å². The Morgan fingerprint density at radius 2 is 0.912 bits per heavy atom. The van der Waals surface area contributed by atoms with Crippen LogP contribution in [0.1, 0.15) is 171 Å². The number of aliphatic hydroxyl groups is 3. The third kappa shape index (κ3) is 11.9. The van der Waals surface area contributed by atoms with Gasteiger partial charge < -0.3 is 44.2 Å². The van der Waals surface area contributed by atoms with Gasteiger partial charge in [-0.2, -0.15) is 0 Å². The summed E-state index contributed by atoms with van der Waals surface area (Å²) in [5.74, 6) is 0.634. The van der Waals surface area contributed by atoms with Crippen LogP contribution >= 0.6 is 0 Å². The summed E-state index contributed by atoms with van der Waals surface area (Å²) in [4.78, 5) is 112. The molecule has 0 aromatic carbocycles. The van der Waals surface area contributed by atoms with Crippen molar-refractivity contribution in [2.45, 2.75) is 217 Å². The topological polar surface area (TPSA) is 288 Å². The van der Waals surface area contributed by atoms with Gasteiger partial charge in [0, 0.05) is 56.3 Å². The van der Waals surface area contributed by atoms with E-state index >= 15 is 0 Å². The van der Waals surface area contributed by atoms with Gasteiger partial charge in [0.25, 0.3) is 17.7 Å². The van der Waals surface area contributed by atoms with E-state index in [1.165, 1.54) is 0 Å². The monoisotopic (exact) mass is 1110 g/mol.